The first-order valence-corrected chi connectivity index (χ1v) is 11.3. The third kappa shape index (κ3) is 5.93. The van der Waals surface area contributed by atoms with Gasteiger partial charge in [-0.25, -0.2) is 9.37 Å². The van der Waals surface area contributed by atoms with Crippen LogP contribution in [0.4, 0.5) is 4.39 Å². The summed E-state index contributed by atoms with van der Waals surface area (Å²) in [4.78, 5) is 31.9. The Morgan fingerprint density at radius 2 is 1.72 bits per heavy atom. The molecule has 1 heterocycles. The van der Waals surface area contributed by atoms with E-state index in [4.69, 9.17) is 4.98 Å². The van der Waals surface area contributed by atoms with Crippen LogP contribution in [0.3, 0.4) is 0 Å². The average Bonchev–Trinajstić information content (AvgIpc) is 3.14. The third-order valence-electron chi connectivity index (χ3n) is 5.34. The summed E-state index contributed by atoms with van der Waals surface area (Å²) in [7, 11) is 0. The lowest BCUT2D eigenvalue weighted by Crippen LogP contribution is -2.35. The molecule has 170 valence electrons. The standard InChI is InChI=1S/C25H31FN4O2/c1-3-16-29(17-4-2)24(31)18-30-22-9-6-5-8-21(22)28-23(30)10-7-15-27-25(32)19-11-13-20(26)14-12-19/h5-6,8-9,11-14H,3-4,7,10,15-18H2,1-2H3,(H,27,32). The highest BCUT2D eigenvalue weighted by Gasteiger charge is 2.17. The number of rotatable bonds is 11. The van der Waals surface area contributed by atoms with Crippen LogP contribution in [0.5, 0.6) is 0 Å². The normalized spacial score (nSPS) is 11.0. The molecular formula is C25H31FN4O2. The van der Waals surface area contributed by atoms with Crippen LogP contribution in [0, 0.1) is 5.82 Å². The molecule has 1 aromatic heterocycles. The Labute approximate surface area is 188 Å². The molecule has 7 heteroatoms. The largest absolute Gasteiger partial charge is 0.352 e. The molecule has 0 aliphatic rings. The topological polar surface area (TPSA) is 67.2 Å². The highest BCUT2D eigenvalue weighted by atomic mass is 19.1. The number of carbonyl (C=O) groups is 2. The summed E-state index contributed by atoms with van der Waals surface area (Å²) in [5, 5.41) is 2.86. The van der Waals surface area contributed by atoms with Gasteiger partial charge in [0.05, 0.1) is 11.0 Å². The van der Waals surface area contributed by atoms with Crippen LogP contribution in [-0.4, -0.2) is 45.9 Å². The maximum atomic E-state index is 13.0. The van der Waals surface area contributed by atoms with Crippen molar-refractivity contribution >= 4 is 22.8 Å². The third-order valence-corrected chi connectivity index (χ3v) is 5.34. The molecule has 0 unspecified atom stereocenters. The van der Waals surface area contributed by atoms with Gasteiger partial charge in [0.15, 0.2) is 0 Å². The molecule has 3 rings (SSSR count). The zero-order valence-corrected chi connectivity index (χ0v) is 18.8. The molecule has 6 nitrogen and oxygen atoms in total. The Morgan fingerprint density at radius 3 is 2.41 bits per heavy atom. The van der Waals surface area contributed by atoms with Crippen molar-refractivity contribution in [1.29, 1.82) is 0 Å². The van der Waals surface area contributed by atoms with E-state index in [-0.39, 0.29) is 24.2 Å². The molecule has 0 aliphatic heterocycles. The van der Waals surface area contributed by atoms with Gasteiger partial charge in [-0.3, -0.25) is 9.59 Å². The van der Waals surface area contributed by atoms with Gasteiger partial charge in [-0.15, -0.1) is 0 Å². The lowest BCUT2D eigenvalue weighted by atomic mass is 10.2. The first-order valence-electron chi connectivity index (χ1n) is 11.3. The summed E-state index contributed by atoms with van der Waals surface area (Å²) < 4.78 is 15.0. The first kappa shape index (κ1) is 23.4. The number of nitrogens with zero attached hydrogens (tertiary/aromatic N) is 3. The molecule has 0 spiro atoms. The number of aromatic nitrogens is 2. The highest BCUT2D eigenvalue weighted by Crippen LogP contribution is 2.18. The summed E-state index contributed by atoms with van der Waals surface area (Å²) in [6.07, 6.45) is 3.17. The lowest BCUT2D eigenvalue weighted by molar-refractivity contribution is -0.131. The first-order chi connectivity index (χ1) is 15.5. The van der Waals surface area contributed by atoms with Crippen LogP contribution in [0.15, 0.2) is 48.5 Å². The van der Waals surface area contributed by atoms with E-state index in [0.717, 1.165) is 42.8 Å². The number of halogens is 1. The molecular weight excluding hydrogens is 407 g/mol. The van der Waals surface area contributed by atoms with E-state index < -0.39 is 0 Å². The molecule has 0 bridgehead atoms. The van der Waals surface area contributed by atoms with Crippen molar-refractivity contribution in [3.8, 4) is 0 Å². The molecule has 0 radical (unpaired) electrons. The van der Waals surface area contributed by atoms with E-state index in [1.54, 1.807) is 0 Å². The van der Waals surface area contributed by atoms with E-state index in [1.165, 1.54) is 24.3 Å². The number of imidazole rings is 1. The minimum Gasteiger partial charge on any atom is -0.352 e. The number of fused-ring (bicyclic) bond motifs is 1. The highest BCUT2D eigenvalue weighted by molar-refractivity contribution is 5.94. The Hall–Kier alpha value is -3.22. The fourth-order valence-electron chi connectivity index (χ4n) is 3.78. The summed E-state index contributed by atoms with van der Waals surface area (Å²) in [6.45, 7) is 6.39. The number of benzene rings is 2. The average molecular weight is 439 g/mol. The summed E-state index contributed by atoms with van der Waals surface area (Å²) in [5.41, 5.74) is 2.23. The van der Waals surface area contributed by atoms with Crippen LogP contribution in [-0.2, 0) is 17.8 Å². The van der Waals surface area contributed by atoms with Crippen molar-refractivity contribution < 1.29 is 14.0 Å². The van der Waals surface area contributed by atoms with Gasteiger partial charge in [0.25, 0.3) is 5.91 Å². The predicted octanol–water partition coefficient (Wildman–Crippen LogP) is 4.19. The molecule has 0 saturated carbocycles. The Balaban J connectivity index is 1.66. The van der Waals surface area contributed by atoms with E-state index >= 15 is 0 Å². The zero-order valence-electron chi connectivity index (χ0n) is 18.8. The van der Waals surface area contributed by atoms with Crippen molar-refractivity contribution in [2.45, 2.75) is 46.1 Å². The second kappa shape index (κ2) is 11.4. The van der Waals surface area contributed by atoms with Crippen molar-refractivity contribution in [2.24, 2.45) is 0 Å². The van der Waals surface area contributed by atoms with Gasteiger partial charge in [0, 0.05) is 31.6 Å². The number of amides is 2. The smallest absolute Gasteiger partial charge is 0.251 e. The van der Waals surface area contributed by atoms with E-state index in [9.17, 15) is 14.0 Å². The zero-order chi connectivity index (χ0) is 22.9. The molecule has 0 aliphatic carbocycles. The van der Waals surface area contributed by atoms with Crippen LogP contribution < -0.4 is 5.32 Å². The molecule has 32 heavy (non-hydrogen) atoms. The monoisotopic (exact) mass is 438 g/mol. The van der Waals surface area contributed by atoms with E-state index in [0.29, 0.717) is 24.9 Å². The van der Waals surface area contributed by atoms with Gasteiger partial charge in [0.1, 0.15) is 18.2 Å². The SMILES string of the molecule is CCCN(CCC)C(=O)Cn1c(CCCNC(=O)c2ccc(F)cc2)nc2ccccc21. The number of hydrogen-bond donors (Lipinski definition) is 1. The minimum atomic E-state index is -0.369. The summed E-state index contributed by atoms with van der Waals surface area (Å²) in [5.74, 6) is 0.334. The van der Waals surface area contributed by atoms with Crippen molar-refractivity contribution in [2.75, 3.05) is 19.6 Å². The molecule has 0 atom stereocenters. The van der Waals surface area contributed by atoms with Crippen LogP contribution in [0.1, 0.15) is 49.3 Å². The van der Waals surface area contributed by atoms with Gasteiger partial charge < -0.3 is 14.8 Å². The lowest BCUT2D eigenvalue weighted by Gasteiger charge is -2.22. The quantitative estimate of drug-likeness (QED) is 0.457. The fourth-order valence-corrected chi connectivity index (χ4v) is 3.78. The number of carbonyl (C=O) groups excluding carboxylic acids is 2. The van der Waals surface area contributed by atoms with Crippen LogP contribution in [0.2, 0.25) is 0 Å². The second-order valence-corrected chi connectivity index (χ2v) is 7.85. The number of hydrogen-bond acceptors (Lipinski definition) is 3. The second-order valence-electron chi connectivity index (χ2n) is 7.85. The van der Waals surface area contributed by atoms with Crippen LogP contribution >= 0.6 is 0 Å². The molecule has 0 saturated heterocycles. The van der Waals surface area contributed by atoms with E-state index in [2.05, 4.69) is 19.2 Å². The Kier molecular flexibility index (Phi) is 8.36. The summed E-state index contributed by atoms with van der Waals surface area (Å²) >= 11 is 0. The van der Waals surface area contributed by atoms with Gasteiger partial charge in [0.2, 0.25) is 5.91 Å². The van der Waals surface area contributed by atoms with Gasteiger partial charge in [-0.05, 0) is 55.7 Å². The minimum absolute atomic E-state index is 0.0997. The molecule has 0 fully saturated rings. The molecule has 3 aromatic rings. The molecule has 2 aromatic carbocycles. The van der Waals surface area contributed by atoms with Crippen molar-refractivity contribution in [3.05, 3.63) is 65.7 Å². The maximum absolute atomic E-state index is 13.0. The van der Waals surface area contributed by atoms with Gasteiger partial charge >= 0.3 is 0 Å². The number of nitrogens with one attached hydrogen (secondary N) is 1. The van der Waals surface area contributed by atoms with Gasteiger partial charge in [-0.2, -0.15) is 0 Å². The molecule has 2 amide bonds. The van der Waals surface area contributed by atoms with Crippen LogP contribution in [0.25, 0.3) is 11.0 Å². The Morgan fingerprint density at radius 1 is 1.03 bits per heavy atom. The predicted molar refractivity (Wildman–Crippen MR) is 124 cm³/mol. The van der Waals surface area contributed by atoms with Gasteiger partial charge in [-0.1, -0.05) is 26.0 Å². The molecule has 1 N–H and O–H groups in total. The van der Waals surface area contributed by atoms with E-state index in [1.807, 2.05) is 33.7 Å². The number of para-hydroxylation sites is 2. The van der Waals surface area contributed by atoms with Crippen molar-refractivity contribution in [1.82, 2.24) is 19.8 Å². The fraction of sp³-hybridized carbons (Fsp3) is 0.400. The van der Waals surface area contributed by atoms with Crippen molar-refractivity contribution in [3.63, 3.8) is 0 Å². The Bertz CT molecular complexity index is 1040. The number of aryl methyl sites for hydroxylation is 1. The maximum Gasteiger partial charge on any atom is 0.251 e. The summed E-state index contributed by atoms with van der Waals surface area (Å²) in [6, 6.07) is 13.3.